The fourth-order valence-electron chi connectivity index (χ4n) is 3.96. The summed E-state index contributed by atoms with van der Waals surface area (Å²) >= 11 is 6.88. The predicted molar refractivity (Wildman–Crippen MR) is 159 cm³/mol. The minimum absolute atomic E-state index is 0.179. The lowest BCUT2D eigenvalue weighted by Crippen LogP contribution is -2.32. The minimum Gasteiger partial charge on any atom is -0.484 e. The quantitative estimate of drug-likeness (QED) is 0.217. The number of nitrogens with one attached hydrogen (secondary N) is 1. The highest BCUT2D eigenvalue weighted by molar-refractivity contribution is 8.23. The van der Waals surface area contributed by atoms with Gasteiger partial charge in [0.1, 0.15) is 17.5 Å². The third-order valence-corrected chi connectivity index (χ3v) is 7.44. The van der Waals surface area contributed by atoms with Crippen molar-refractivity contribution < 1.29 is 28.5 Å². The van der Waals surface area contributed by atoms with Gasteiger partial charge in [0.2, 0.25) is 0 Å². The monoisotopic (exact) mass is 580 g/mol. The standard InChI is InChI=1S/C30H32N2O6S2/c1-35-17-18-36-16-14-31-28(33)24-12-13-25(29(34)32-15-19-40-30(32)39)27(38-21-23-10-6-3-7-11-23)26(24)37-20-22-8-4-2-5-9-22/h2-13H,14-21H2,1H3,(H,31,33). The summed E-state index contributed by atoms with van der Waals surface area (Å²) in [5.41, 5.74) is 2.35. The van der Waals surface area contributed by atoms with Gasteiger partial charge in [-0.1, -0.05) is 84.6 Å². The molecular formula is C30H32N2O6S2. The van der Waals surface area contributed by atoms with Gasteiger partial charge in [0.25, 0.3) is 11.8 Å². The highest BCUT2D eigenvalue weighted by Crippen LogP contribution is 2.38. The number of hydrogen-bond acceptors (Lipinski definition) is 8. The molecule has 10 heteroatoms. The van der Waals surface area contributed by atoms with Gasteiger partial charge in [0.15, 0.2) is 11.5 Å². The number of nitrogens with zero attached hydrogens (tertiary/aromatic N) is 1. The van der Waals surface area contributed by atoms with Crippen molar-refractivity contribution in [3.05, 3.63) is 95.1 Å². The average molecular weight is 581 g/mol. The zero-order valence-corrected chi connectivity index (χ0v) is 23.9. The first-order chi connectivity index (χ1) is 19.6. The van der Waals surface area contributed by atoms with Gasteiger partial charge < -0.3 is 24.3 Å². The predicted octanol–water partition coefficient (Wildman–Crippen LogP) is 4.71. The summed E-state index contributed by atoms with van der Waals surface area (Å²) in [5, 5.41) is 2.87. The van der Waals surface area contributed by atoms with Crippen molar-refractivity contribution in [3.8, 4) is 11.5 Å². The summed E-state index contributed by atoms with van der Waals surface area (Å²) in [4.78, 5) is 28.6. The summed E-state index contributed by atoms with van der Waals surface area (Å²) in [6.45, 7) is 2.39. The van der Waals surface area contributed by atoms with Gasteiger partial charge in [-0.25, -0.2) is 0 Å². The first-order valence-corrected chi connectivity index (χ1v) is 14.3. The summed E-state index contributed by atoms with van der Waals surface area (Å²) in [6, 6.07) is 22.4. The molecule has 1 fully saturated rings. The SMILES string of the molecule is COCCOCCNC(=O)c1ccc(C(=O)N2CCSC2=S)c(OCc2ccccc2)c1OCc1ccccc1. The van der Waals surface area contributed by atoms with Crippen molar-refractivity contribution in [1.29, 1.82) is 0 Å². The smallest absolute Gasteiger partial charge is 0.263 e. The maximum absolute atomic E-state index is 13.7. The van der Waals surface area contributed by atoms with E-state index in [1.54, 1.807) is 24.1 Å². The number of amides is 2. The van der Waals surface area contributed by atoms with Crippen molar-refractivity contribution >= 4 is 40.1 Å². The van der Waals surface area contributed by atoms with Crippen LogP contribution in [-0.2, 0) is 22.7 Å². The third kappa shape index (κ3) is 8.04. The van der Waals surface area contributed by atoms with Crippen molar-refractivity contribution in [1.82, 2.24) is 10.2 Å². The van der Waals surface area contributed by atoms with E-state index < -0.39 is 0 Å². The van der Waals surface area contributed by atoms with E-state index in [0.717, 1.165) is 16.9 Å². The number of benzene rings is 3. The van der Waals surface area contributed by atoms with Crippen LogP contribution in [0.1, 0.15) is 31.8 Å². The molecule has 2 amide bonds. The van der Waals surface area contributed by atoms with E-state index in [2.05, 4.69) is 5.32 Å². The molecule has 1 aliphatic rings. The Bertz CT molecular complexity index is 1290. The van der Waals surface area contributed by atoms with Crippen molar-refractivity contribution in [2.75, 3.05) is 45.8 Å². The van der Waals surface area contributed by atoms with Crippen molar-refractivity contribution in [2.24, 2.45) is 0 Å². The van der Waals surface area contributed by atoms with E-state index in [9.17, 15) is 9.59 Å². The van der Waals surface area contributed by atoms with Crippen LogP contribution in [0.3, 0.4) is 0 Å². The molecule has 0 bridgehead atoms. The first kappa shape index (κ1) is 29.5. The van der Waals surface area contributed by atoms with Crippen LogP contribution in [-0.4, -0.2) is 66.8 Å². The Hall–Kier alpha value is -3.44. The highest BCUT2D eigenvalue weighted by Gasteiger charge is 2.31. The minimum atomic E-state index is -0.366. The Morgan fingerprint density at radius 1 is 0.850 bits per heavy atom. The Morgan fingerprint density at radius 2 is 1.45 bits per heavy atom. The molecule has 0 saturated carbocycles. The molecule has 0 aromatic heterocycles. The van der Waals surface area contributed by atoms with Crippen LogP contribution in [0.4, 0.5) is 0 Å². The van der Waals surface area contributed by atoms with Crippen LogP contribution in [0, 0.1) is 0 Å². The van der Waals surface area contributed by atoms with Crippen LogP contribution in [0.25, 0.3) is 0 Å². The number of ether oxygens (including phenoxy) is 4. The molecular weight excluding hydrogens is 548 g/mol. The molecule has 8 nitrogen and oxygen atoms in total. The molecule has 210 valence electrons. The first-order valence-electron chi connectivity index (χ1n) is 12.9. The van der Waals surface area contributed by atoms with Gasteiger partial charge in [-0.3, -0.25) is 14.5 Å². The molecule has 3 aromatic carbocycles. The molecule has 4 rings (SSSR count). The van der Waals surface area contributed by atoms with Gasteiger partial charge >= 0.3 is 0 Å². The van der Waals surface area contributed by atoms with Gasteiger partial charge in [0.05, 0.1) is 30.9 Å². The number of hydrogen-bond donors (Lipinski definition) is 1. The van der Waals surface area contributed by atoms with Gasteiger partial charge in [0, 0.05) is 26.0 Å². The lowest BCUT2D eigenvalue weighted by atomic mass is 10.1. The fraction of sp³-hybridized carbons (Fsp3) is 0.300. The molecule has 0 spiro atoms. The molecule has 1 heterocycles. The number of carbonyl (C=O) groups excluding carboxylic acids is 2. The molecule has 0 atom stereocenters. The van der Waals surface area contributed by atoms with E-state index >= 15 is 0 Å². The molecule has 0 aliphatic carbocycles. The van der Waals surface area contributed by atoms with E-state index in [0.29, 0.717) is 37.2 Å². The third-order valence-electron chi connectivity index (χ3n) is 6.01. The van der Waals surface area contributed by atoms with Gasteiger partial charge in [-0.05, 0) is 23.3 Å². The van der Waals surface area contributed by atoms with E-state index in [1.165, 1.54) is 11.8 Å². The summed E-state index contributed by atoms with van der Waals surface area (Å²) in [7, 11) is 1.60. The molecule has 1 N–H and O–H groups in total. The van der Waals surface area contributed by atoms with E-state index in [1.807, 2.05) is 60.7 Å². The average Bonchev–Trinajstić information content (AvgIpc) is 3.42. The Morgan fingerprint density at radius 3 is 2.02 bits per heavy atom. The maximum atomic E-state index is 13.7. The van der Waals surface area contributed by atoms with Crippen LogP contribution < -0.4 is 14.8 Å². The van der Waals surface area contributed by atoms with E-state index in [-0.39, 0.29) is 47.7 Å². The normalized spacial score (nSPS) is 12.8. The molecule has 0 radical (unpaired) electrons. The number of rotatable bonds is 14. The highest BCUT2D eigenvalue weighted by atomic mass is 32.2. The van der Waals surface area contributed by atoms with Crippen molar-refractivity contribution in [2.45, 2.75) is 13.2 Å². The Balaban J connectivity index is 1.67. The lowest BCUT2D eigenvalue weighted by Gasteiger charge is -2.22. The Kier molecular flexibility index (Phi) is 11.4. The van der Waals surface area contributed by atoms with Crippen LogP contribution in [0.15, 0.2) is 72.8 Å². The number of thioether (sulfide) groups is 1. The van der Waals surface area contributed by atoms with Crippen LogP contribution in [0.5, 0.6) is 11.5 Å². The Labute approximate surface area is 243 Å². The number of thiocarbonyl (C=S) groups is 1. The molecule has 0 unspecified atom stereocenters. The molecule has 1 aliphatic heterocycles. The van der Waals surface area contributed by atoms with Crippen molar-refractivity contribution in [3.63, 3.8) is 0 Å². The van der Waals surface area contributed by atoms with E-state index in [4.69, 9.17) is 31.2 Å². The van der Waals surface area contributed by atoms with Crippen LogP contribution in [0.2, 0.25) is 0 Å². The summed E-state index contributed by atoms with van der Waals surface area (Å²) in [5.74, 6) is 0.472. The molecule has 1 saturated heterocycles. The maximum Gasteiger partial charge on any atom is 0.263 e. The second-order valence-corrected chi connectivity index (χ2v) is 10.5. The largest absolute Gasteiger partial charge is 0.484 e. The second kappa shape index (κ2) is 15.4. The summed E-state index contributed by atoms with van der Waals surface area (Å²) in [6.07, 6.45) is 0. The molecule has 3 aromatic rings. The molecule has 40 heavy (non-hydrogen) atoms. The number of carbonyl (C=O) groups is 2. The zero-order chi connectivity index (χ0) is 28.2. The second-order valence-electron chi connectivity index (χ2n) is 8.80. The topological polar surface area (TPSA) is 86.3 Å². The van der Waals surface area contributed by atoms with Crippen LogP contribution >= 0.6 is 24.0 Å². The number of methoxy groups -OCH3 is 1. The zero-order valence-electron chi connectivity index (χ0n) is 22.3. The fourth-order valence-corrected chi connectivity index (χ4v) is 5.16. The summed E-state index contributed by atoms with van der Waals surface area (Å²) < 4.78 is 23.5. The van der Waals surface area contributed by atoms with Gasteiger partial charge in [-0.2, -0.15) is 0 Å². The van der Waals surface area contributed by atoms with Gasteiger partial charge in [-0.15, -0.1) is 0 Å². The lowest BCUT2D eigenvalue weighted by molar-refractivity contribution is 0.0691.